The van der Waals surface area contributed by atoms with Gasteiger partial charge in [0, 0.05) is 5.57 Å². The molecule has 0 fully saturated rings. The summed E-state index contributed by atoms with van der Waals surface area (Å²) in [7, 11) is 0. The Balaban J connectivity index is 1.81. The van der Waals surface area contributed by atoms with Crippen LogP contribution in [0.5, 0.6) is 0 Å². The van der Waals surface area contributed by atoms with Gasteiger partial charge in [-0.15, -0.1) is 11.3 Å². The largest absolute Gasteiger partial charge is 0.506 e. The molecule has 6 aromatic carbocycles. The van der Waals surface area contributed by atoms with E-state index in [-0.39, 0.29) is 5.76 Å². The molecular weight excluding hydrogens is 577 g/mol. The highest BCUT2D eigenvalue weighted by molar-refractivity contribution is 7.11. The lowest BCUT2D eigenvalue weighted by molar-refractivity contribution is 0.475. The molecule has 0 saturated heterocycles. The zero-order valence-corrected chi connectivity index (χ0v) is 26.2. The van der Waals surface area contributed by atoms with E-state index in [2.05, 4.69) is 182 Å². The van der Waals surface area contributed by atoms with E-state index in [0.717, 1.165) is 43.8 Å². The van der Waals surface area contributed by atoms with Gasteiger partial charge in [0.1, 0.15) is 5.76 Å². The SMILES string of the molecule is OC(=C(C(c1ccccc1)(c1ccccc1)c1ccccc1)C(c1ccccc1)(c1ccccc1)c1ccccc1)c1cccs1. The predicted molar refractivity (Wildman–Crippen MR) is 192 cm³/mol. The van der Waals surface area contributed by atoms with Crippen LogP contribution in [-0.4, -0.2) is 5.11 Å². The topological polar surface area (TPSA) is 20.2 Å². The molecule has 0 atom stereocenters. The van der Waals surface area contributed by atoms with E-state index in [0.29, 0.717) is 0 Å². The van der Waals surface area contributed by atoms with E-state index < -0.39 is 10.8 Å². The van der Waals surface area contributed by atoms with Crippen LogP contribution in [0, 0.1) is 0 Å². The first kappa shape index (κ1) is 29.3. The van der Waals surface area contributed by atoms with Crippen molar-refractivity contribution in [3.63, 3.8) is 0 Å². The molecule has 0 aliphatic rings. The highest BCUT2D eigenvalue weighted by Gasteiger charge is 2.54. The van der Waals surface area contributed by atoms with E-state index in [1.165, 1.54) is 0 Å². The molecule has 0 aliphatic carbocycles. The van der Waals surface area contributed by atoms with E-state index in [4.69, 9.17) is 0 Å². The second-order valence-corrected chi connectivity index (χ2v) is 12.3. The second kappa shape index (κ2) is 12.9. The minimum absolute atomic E-state index is 0.267. The molecule has 1 aromatic heterocycles. The van der Waals surface area contributed by atoms with E-state index in [1.54, 1.807) is 11.3 Å². The van der Waals surface area contributed by atoms with Gasteiger partial charge in [0.25, 0.3) is 0 Å². The third-order valence-electron chi connectivity index (χ3n) is 8.98. The smallest absolute Gasteiger partial charge is 0.135 e. The summed E-state index contributed by atoms with van der Waals surface area (Å²) < 4.78 is 0. The van der Waals surface area contributed by atoms with Crippen molar-refractivity contribution in [1.82, 2.24) is 0 Å². The number of allylic oxidation sites excluding steroid dienone is 1. The Morgan fingerprint density at radius 1 is 0.348 bits per heavy atom. The Morgan fingerprint density at radius 2 is 0.609 bits per heavy atom. The van der Waals surface area contributed by atoms with Crippen molar-refractivity contribution in [1.29, 1.82) is 0 Å². The van der Waals surface area contributed by atoms with E-state index in [9.17, 15) is 5.11 Å². The maximum atomic E-state index is 13.2. The molecule has 7 rings (SSSR count). The Hall–Kier alpha value is -5.44. The van der Waals surface area contributed by atoms with Crippen LogP contribution < -0.4 is 0 Å². The standard InChI is InChI=1S/C44H34OS/c45-41(40-32-19-33-46-40)42(43(34-20-7-1-8-21-34,35-22-9-2-10-23-35)36-24-11-3-12-25-36)44(37-26-13-4-14-27-37,38-28-15-5-16-29-38)39-30-17-6-18-31-39/h1-33,45H. The highest BCUT2D eigenvalue weighted by atomic mass is 32.1. The Kier molecular flexibility index (Phi) is 8.20. The molecule has 1 N–H and O–H groups in total. The van der Waals surface area contributed by atoms with Gasteiger partial charge in [0.05, 0.1) is 15.7 Å². The van der Waals surface area contributed by atoms with Gasteiger partial charge >= 0.3 is 0 Å². The molecule has 0 radical (unpaired) electrons. The number of aliphatic hydroxyl groups is 1. The van der Waals surface area contributed by atoms with Gasteiger partial charge in [-0.05, 0) is 44.8 Å². The van der Waals surface area contributed by atoms with Crippen LogP contribution in [0.15, 0.2) is 205 Å². The molecule has 1 nitrogen and oxygen atoms in total. The second-order valence-electron chi connectivity index (χ2n) is 11.4. The maximum absolute atomic E-state index is 13.2. The van der Waals surface area contributed by atoms with Crippen molar-refractivity contribution in [3.05, 3.63) is 243 Å². The molecule has 0 unspecified atom stereocenters. The minimum Gasteiger partial charge on any atom is -0.506 e. The molecule has 7 aromatic rings. The Labute approximate surface area is 275 Å². The summed E-state index contributed by atoms with van der Waals surface area (Å²) in [6.07, 6.45) is 0. The normalized spacial score (nSPS) is 11.6. The zero-order valence-electron chi connectivity index (χ0n) is 25.4. The van der Waals surface area contributed by atoms with Crippen molar-refractivity contribution in [3.8, 4) is 0 Å². The van der Waals surface area contributed by atoms with Crippen molar-refractivity contribution >= 4 is 17.1 Å². The van der Waals surface area contributed by atoms with Gasteiger partial charge in [-0.25, -0.2) is 0 Å². The molecule has 46 heavy (non-hydrogen) atoms. The summed E-state index contributed by atoms with van der Waals surface area (Å²) in [4.78, 5) is 0.814. The molecule has 1 heterocycles. The summed E-state index contributed by atoms with van der Waals surface area (Å²) in [6.45, 7) is 0. The lowest BCUT2D eigenvalue weighted by Crippen LogP contribution is -2.45. The van der Waals surface area contributed by atoms with Crippen LogP contribution in [-0.2, 0) is 10.8 Å². The number of hydrogen-bond acceptors (Lipinski definition) is 2. The van der Waals surface area contributed by atoms with Gasteiger partial charge in [0.15, 0.2) is 0 Å². The predicted octanol–water partition coefficient (Wildman–Crippen LogP) is 11.1. The van der Waals surface area contributed by atoms with Crippen molar-refractivity contribution < 1.29 is 5.11 Å². The lowest BCUT2D eigenvalue weighted by atomic mass is 9.52. The average molecular weight is 611 g/mol. The molecule has 0 bridgehead atoms. The fourth-order valence-corrected chi connectivity index (χ4v) is 7.84. The average Bonchev–Trinajstić information content (AvgIpc) is 3.70. The Morgan fingerprint density at radius 3 is 0.826 bits per heavy atom. The molecule has 0 amide bonds. The zero-order chi connectivity index (χ0) is 31.2. The van der Waals surface area contributed by atoms with Gasteiger partial charge in [-0.2, -0.15) is 0 Å². The third-order valence-corrected chi connectivity index (χ3v) is 9.86. The number of benzene rings is 6. The Bertz CT molecular complexity index is 1680. The van der Waals surface area contributed by atoms with Gasteiger partial charge in [-0.1, -0.05) is 188 Å². The fourth-order valence-electron chi connectivity index (χ4n) is 7.17. The number of thiophene rings is 1. The molecule has 0 spiro atoms. The molecule has 0 aliphatic heterocycles. The first-order valence-corrected chi connectivity index (χ1v) is 16.5. The van der Waals surface area contributed by atoms with Gasteiger partial charge in [-0.3, -0.25) is 0 Å². The number of hydrogen-bond donors (Lipinski definition) is 1. The summed E-state index contributed by atoms with van der Waals surface area (Å²) >= 11 is 1.55. The fraction of sp³-hybridized carbons (Fsp3) is 0.0455. The quantitative estimate of drug-likeness (QED) is 0.127. The number of aliphatic hydroxyl groups excluding tert-OH is 1. The first-order valence-electron chi connectivity index (χ1n) is 15.6. The minimum atomic E-state index is -0.931. The van der Waals surface area contributed by atoms with E-state index in [1.807, 2.05) is 17.5 Å². The van der Waals surface area contributed by atoms with Crippen molar-refractivity contribution in [2.45, 2.75) is 10.8 Å². The number of rotatable bonds is 9. The van der Waals surface area contributed by atoms with Crippen LogP contribution >= 0.6 is 11.3 Å². The van der Waals surface area contributed by atoms with Crippen molar-refractivity contribution in [2.24, 2.45) is 0 Å². The monoisotopic (exact) mass is 610 g/mol. The van der Waals surface area contributed by atoms with Crippen LogP contribution in [0.4, 0.5) is 0 Å². The van der Waals surface area contributed by atoms with Crippen LogP contribution in [0.25, 0.3) is 5.76 Å². The van der Waals surface area contributed by atoms with Crippen LogP contribution in [0.2, 0.25) is 0 Å². The van der Waals surface area contributed by atoms with Crippen LogP contribution in [0.1, 0.15) is 38.3 Å². The molecule has 222 valence electrons. The maximum Gasteiger partial charge on any atom is 0.135 e. The van der Waals surface area contributed by atoms with Crippen molar-refractivity contribution in [2.75, 3.05) is 0 Å². The first-order chi connectivity index (χ1) is 22.8. The van der Waals surface area contributed by atoms with Gasteiger partial charge < -0.3 is 5.11 Å². The third kappa shape index (κ3) is 4.88. The summed E-state index contributed by atoms with van der Waals surface area (Å²) in [6, 6.07) is 68.1. The molecule has 0 saturated carbocycles. The summed E-state index contributed by atoms with van der Waals surface area (Å²) in [5.74, 6) is 0.267. The van der Waals surface area contributed by atoms with E-state index >= 15 is 0 Å². The van der Waals surface area contributed by atoms with Gasteiger partial charge in [0.2, 0.25) is 0 Å². The molecular formula is C44H34OS. The summed E-state index contributed by atoms with van der Waals surface area (Å²) in [5, 5.41) is 15.2. The lowest BCUT2D eigenvalue weighted by Gasteiger charge is -2.49. The molecule has 2 heteroatoms. The van der Waals surface area contributed by atoms with Crippen LogP contribution in [0.3, 0.4) is 0 Å². The summed E-state index contributed by atoms with van der Waals surface area (Å²) in [5.41, 5.74) is 5.41. The highest BCUT2D eigenvalue weighted by Crippen LogP contribution is 2.59.